The highest BCUT2D eigenvalue weighted by molar-refractivity contribution is 7.14. The maximum Gasteiger partial charge on any atom is 0.331 e. The number of halogens is 1. The van der Waals surface area contributed by atoms with E-state index in [0.717, 1.165) is 11.3 Å². The lowest BCUT2D eigenvalue weighted by Gasteiger charge is -2.18. The zero-order valence-electron chi connectivity index (χ0n) is 16.4. The Morgan fingerprint density at radius 3 is 2.63 bits per heavy atom. The van der Waals surface area contributed by atoms with Crippen LogP contribution in [-0.4, -0.2) is 24.0 Å². The van der Waals surface area contributed by atoms with Gasteiger partial charge in [0.05, 0.1) is 18.5 Å². The summed E-state index contributed by atoms with van der Waals surface area (Å²) >= 11 is 7.32. The van der Waals surface area contributed by atoms with Crippen LogP contribution in [0.3, 0.4) is 0 Å². The first-order chi connectivity index (χ1) is 14.5. The molecule has 6 nitrogen and oxygen atoms in total. The predicted molar refractivity (Wildman–Crippen MR) is 118 cm³/mol. The van der Waals surface area contributed by atoms with Crippen LogP contribution in [0.4, 0.5) is 10.8 Å². The molecule has 0 atom stereocenters. The van der Waals surface area contributed by atoms with Gasteiger partial charge in [0.1, 0.15) is 12.4 Å². The monoisotopic (exact) mass is 442 g/mol. The number of amides is 1. The molecule has 3 rings (SSSR count). The molecule has 1 aromatic heterocycles. The van der Waals surface area contributed by atoms with E-state index in [4.69, 9.17) is 21.1 Å². The van der Waals surface area contributed by atoms with E-state index in [2.05, 4.69) is 4.98 Å². The molecule has 0 saturated heterocycles. The van der Waals surface area contributed by atoms with E-state index in [9.17, 15) is 9.59 Å². The highest BCUT2D eigenvalue weighted by Gasteiger charge is 2.18. The summed E-state index contributed by atoms with van der Waals surface area (Å²) in [6, 6.07) is 14.2. The molecule has 0 radical (unpaired) electrons. The summed E-state index contributed by atoms with van der Waals surface area (Å²) in [5.41, 5.74) is 2.02. The largest absolute Gasteiger partial charge is 0.497 e. The van der Waals surface area contributed by atoms with Crippen molar-refractivity contribution in [2.24, 2.45) is 0 Å². The molecule has 0 aliphatic heterocycles. The van der Waals surface area contributed by atoms with E-state index in [1.54, 1.807) is 42.8 Å². The molecule has 0 unspecified atom stereocenters. The molecule has 1 heterocycles. The van der Waals surface area contributed by atoms with E-state index in [0.29, 0.717) is 21.5 Å². The summed E-state index contributed by atoms with van der Waals surface area (Å²) in [6.07, 6.45) is 3.01. The molecule has 3 aromatic rings. The smallest absolute Gasteiger partial charge is 0.331 e. The van der Waals surface area contributed by atoms with Crippen LogP contribution in [0.25, 0.3) is 6.08 Å². The first-order valence-corrected chi connectivity index (χ1v) is 10.2. The molecule has 154 valence electrons. The van der Waals surface area contributed by atoms with Gasteiger partial charge >= 0.3 is 5.97 Å². The van der Waals surface area contributed by atoms with Crippen LogP contribution in [0.1, 0.15) is 18.2 Å². The number of benzene rings is 2. The number of carbonyl (C=O) groups excluding carboxylic acids is 2. The molecule has 0 saturated carbocycles. The van der Waals surface area contributed by atoms with Crippen LogP contribution >= 0.6 is 22.9 Å². The van der Waals surface area contributed by atoms with E-state index in [1.807, 2.05) is 24.3 Å². The summed E-state index contributed by atoms with van der Waals surface area (Å²) in [6.45, 7) is 1.45. The Labute approximate surface area is 183 Å². The highest BCUT2D eigenvalue weighted by Crippen LogP contribution is 2.30. The zero-order chi connectivity index (χ0) is 21.5. The van der Waals surface area contributed by atoms with Gasteiger partial charge in [-0.3, -0.25) is 9.69 Å². The Morgan fingerprint density at radius 2 is 1.97 bits per heavy atom. The van der Waals surface area contributed by atoms with Gasteiger partial charge in [0.15, 0.2) is 5.13 Å². The second-order valence-electron chi connectivity index (χ2n) is 6.17. The third-order valence-electron chi connectivity index (χ3n) is 4.00. The molecule has 0 aliphatic carbocycles. The molecule has 0 N–H and O–H groups in total. The molecule has 0 fully saturated rings. The fourth-order valence-corrected chi connectivity index (χ4v) is 3.64. The first kappa shape index (κ1) is 21.5. The van der Waals surface area contributed by atoms with Gasteiger partial charge in [-0.05, 0) is 42.0 Å². The van der Waals surface area contributed by atoms with Crippen molar-refractivity contribution in [1.29, 1.82) is 0 Å². The molecule has 0 spiro atoms. The lowest BCUT2D eigenvalue weighted by atomic mass is 10.2. The SMILES string of the molecule is COc1ccc(/C=C/C(=O)OCc2csc(N(C(C)=O)c3cccc(Cl)c3)n2)cc1. The normalized spacial score (nSPS) is 10.8. The Hall–Kier alpha value is -3.16. The maximum atomic E-state index is 12.1. The van der Waals surface area contributed by atoms with E-state index >= 15 is 0 Å². The number of nitrogens with zero attached hydrogens (tertiary/aromatic N) is 2. The number of carbonyl (C=O) groups is 2. The number of hydrogen-bond donors (Lipinski definition) is 0. The number of aromatic nitrogens is 1. The summed E-state index contributed by atoms with van der Waals surface area (Å²) in [5, 5.41) is 2.74. The van der Waals surface area contributed by atoms with Gasteiger partial charge in [-0.25, -0.2) is 9.78 Å². The number of ether oxygens (including phenoxy) is 2. The maximum absolute atomic E-state index is 12.1. The van der Waals surface area contributed by atoms with Crippen molar-refractivity contribution in [3.05, 3.63) is 76.3 Å². The van der Waals surface area contributed by atoms with Crippen LogP contribution in [0, 0.1) is 0 Å². The Kier molecular flexibility index (Phi) is 7.21. The van der Waals surface area contributed by atoms with Crippen molar-refractivity contribution in [3.63, 3.8) is 0 Å². The van der Waals surface area contributed by atoms with E-state index < -0.39 is 5.97 Å². The Balaban J connectivity index is 1.62. The van der Waals surface area contributed by atoms with Gasteiger partial charge in [0, 0.05) is 23.4 Å². The van der Waals surface area contributed by atoms with Crippen molar-refractivity contribution in [2.45, 2.75) is 13.5 Å². The average Bonchev–Trinajstić information content (AvgIpc) is 3.19. The summed E-state index contributed by atoms with van der Waals surface area (Å²) in [7, 11) is 1.59. The number of anilines is 2. The minimum Gasteiger partial charge on any atom is -0.497 e. The Morgan fingerprint density at radius 1 is 1.20 bits per heavy atom. The molecule has 2 aromatic carbocycles. The number of hydrogen-bond acceptors (Lipinski definition) is 6. The van der Waals surface area contributed by atoms with Crippen LogP contribution in [-0.2, 0) is 20.9 Å². The van der Waals surface area contributed by atoms with Gasteiger partial charge in [-0.2, -0.15) is 0 Å². The van der Waals surface area contributed by atoms with E-state index in [1.165, 1.54) is 29.2 Å². The van der Waals surface area contributed by atoms with Crippen LogP contribution < -0.4 is 9.64 Å². The van der Waals surface area contributed by atoms with Crippen LogP contribution in [0.15, 0.2) is 60.0 Å². The number of thiazole rings is 1. The van der Waals surface area contributed by atoms with Gasteiger partial charge in [-0.1, -0.05) is 29.8 Å². The topological polar surface area (TPSA) is 68.7 Å². The van der Waals surface area contributed by atoms with Crippen molar-refractivity contribution >= 4 is 51.7 Å². The van der Waals surface area contributed by atoms with E-state index in [-0.39, 0.29) is 12.5 Å². The molecular formula is C22H19ClN2O4S. The second-order valence-corrected chi connectivity index (χ2v) is 7.44. The van der Waals surface area contributed by atoms with Crippen molar-refractivity contribution in [3.8, 4) is 5.75 Å². The molecule has 1 amide bonds. The van der Waals surface area contributed by atoms with Gasteiger partial charge in [-0.15, -0.1) is 11.3 Å². The predicted octanol–water partition coefficient (Wildman–Crippen LogP) is 5.25. The molecule has 8 heteroatoms. The molecular weight excluding hydrogens is 424 g/mol. The minimum absolute atomic E-state index is 0.00355. The summed E-state index contributed by atoms with van der Waals surface area (Å²) in [5.74, 6) is 0.0580. The lowest BCUT2D eigenvalue weighted by molar-refractivity contribution is -0.139. The number of esters is 1. The van der Waals surface area contributed by atoms with Crippen molar-refractivity contribution in [1.82, 2.24) is 4.98 Å². The molecule has 30 heavy (non-hydrogen) atoms. The third-order valence-corrected chi connectivity index (χ3v) is 5.11. The first-order valence-electron chi connectivity index (χ1n) is 8.96. The quantitative estimate of drug-likeness (QED) is 0.369. The number of methoxy groups -OCH3 is 1. The van der Waals surface area contributed by atoms with Gasteiger partial charge in [0.2, 0.25) is 5.91 Å². The minimum atomic E-state index is -0.487. The zero-order valence-corrected chi connectivity index (χ0v) is 17.9. The summed E-state index contributed by atoms with van der Waals surface area (Å²) < 4.78 is 10.3. The van der Waals surface area contributed by atoms with Crippen molar-refractivity contribution in [2.75, 3.05) is 12.0 Å². The van der Waals surface area contributed by atoms with Crippen molar-refractivity contribution < 1.29 is 19.1 Å². The standard InChI is InChI=1S/C22H19ClN2O4S/c1-15(26)25(19-5-3-4-17(23)12-19)22-24-18(14-30-22)13-29-21(27)11-8-16-6-9-20(28-2)10-7-16/h3-12,14H,13H2,1-2H3/b11-8+. The number of rotatable bonds is 7. The van der Waals surface area contributed by atoms with Gasteiger partial charge in [0.25, 0.3) is 0 Å². The van der Waals surface area contributed by atoms with Gasteiger partial charge < -0.3 is 9.47 Å². The second kappa shape index (κ2) is 10.0. The van der Waals surface area contributed by atoms with Crippen LogP contribution in [0.2, 0.25) is 5.02 Å². The highest BCUT2D eigenvalue weighted by atomic mass is 35.5. The van der Waals surface area contributed by atoms with Crippen LogP contribution in [0.5, 0.6) is 5.75 Å². The third kappa shape index (κ3) is 5.68. The summed E-state index contributed by atoms with van der Waals surface area (Å²) in [4.78, 5) is 30.0. The lowest BCUT2D eigenvalue weighted by Crippen LogP contribution is -2.22. The Bertz CT molecular complexity index is 1060. The molecule has 0 aliphatic rings. The fourth-order valence-electron chi connectivity index (χ4n) is 2.58. The fraction of sp³-hybridized carbons (Fsp3) is 0.136. The average molecular weight is 443 g/mol. The molecule has 0 bridgehead atoms.